The van der Waals surface area contributed by atoms with Crippen molar-refractivity contribution < 1.29 is 14.4 Å². The van der Waals surface area contributed by atoms with Gasteiger partial charge in [-0.3, -0.25) is 10.1 Å². The number of aromatic nitrogens is 3. The largest absolute Gasteiger partial charge is 0.467 e. The summed E-state index contributed by atoms with van der Waals surface area (Å²) >= 11 is 5.77. The molecule has 104 valence electrons. The van der Waals surface area contributed by atoms with E-state index in [9.17, 15) is 10.1 Å². The number of rotatable bonds is 4. The minimum absolute atomic E-state index is 0.0721. The normalized spacial score (nSPS) is 10.1. The Kier molecular flexibility index (Phi) is 3.80. The molecule has 0 aliphatic heterocycles. The number of hydrogen-bond donors (Lipinski definition) is 1. The van der Waals surface area contributed by atoms with Gasteiger partial charge < -0.3 is 15.2 Å². The van der Waals surface area contributed by atoms with E-state index in [2.05, 4.69) is 15.0 Å². The zero-order chi connectivity index (χ0) is 14.7. The van der Waals surface area contributed by atoms with Gasteiger partial charge in [-0.05, 0) is 6.07 Å². The predicted octanol–water partition coefficient (Wildman–Crippen LogP) is 1.82. The molecule has 2 N–H and O–H groups in total. The molecule has 0 bridgehead atoms. The van der Waals surface area contributed by atoms with Crippen molar-refractivity contribution in [1.29, 1.82) is 0 Å². The third kappa shape index (κ3) is 3.01. The number of anilines is 1. The molecule has 0 unspecified atom stereocenters. The zero-order valence-corrected chi connectivity index (χ0v) is 10.9. The molecule has 0 saturated heterocycles. The number of nitrogens with two attached hydrogens (primary N) is 1. The third-order valence-electron chi connectivity index (χ3n) is 2.11. The number of ether oxygens (including phenoxy) is 2. The molecule has 0 aliphatic rings. The molecule has 2 rings (SSSR count). The standard InChI is InChI=1S/C10H8ClN5O4/c1-19-9-13-8(12)14-10(15-9)20-7-4-5(11)2-3-6(7)16(17)18/h2-4H,1H3,(H2,12,13,14,15). The molecular weight excluding hydrogens is 290 g/mol. The maximum atomic E-state index is 10.9. The van der Waals surface area contributed by atoms with Gasteiger partial charge in [-0.2, -0.15) is 9.97 Å². The number of nitrogen functional groups attached to an aromatic ring is 1. The number of nitro benzene ring substituents is 1. The van der Waals surface area contributed by atoms with Crippen LogP contribution >= 0.6 is 11.6 Å². The lowest BCUT2D eigenvalue weighted by Crippen LogP contribution is -2.03. The van der Waals surface area contributed by atoms with E-state index in [0.717, 1.165) is 0 Å². The summed E-state index contributed by atoms with van der Waals surface area (Å²) in [4.78, 5) is 21.4. The van der Waals surface area contributed by atoms with Gasteiger partial charge in [0.15, 0.2) is 0 Å². The van der Waals surface area contributed by atoms with Crippen LogP contribution in [0.1, 0.15) is 0 Å². The van der Waals surface area contributed by atoms with Gasteiger partial charge >= 0.3 is 17.7 Å². The molecule has 9 nitrogen and oxygen atoms in total. The number of methoxy groups -OCH3 is 1. The van der Waals surface area contributed by atoms with Crippen molar-refractivity contribution in [2.45, 2.75) is 0 Å². The molecule has 1 aromatic heterocycles. The Hall–Kier alpha value is -2.68. The summed E-state index contributed by atoms with van der Waals surface area (Å²) in [5.41, 5.74) is 5.15. The molecule has 0 spiro atoms. The molecule has 10 heteroatoms. The first-order valence-electron chi connectivity index (χ1n) is 5.17. The van der Waals surface area contributed by atoms with Crippen LogP contribution in [0.4, 0.5) is 11.6 Å². The summed E-state index contributed by atoms with van der Waals surface area (Å²) in [6.45, 7) is 0. The Labute approximate surface area is 117 Å². The van der Waals surface area contributed by atoms with E-state index in [-0.39, 0.29) is 34.4 Å². The topological polar surface area (TPSA) is 126 Å². The highest BCUT2D eigenvalue weighted by Gasteiger charge is 2.18. The zero-order valence-electron chi connectivity index (χ0n) is 10.1. The molecule has 0 radical (unpaired) electrons. The van der Waals surface area contributed by atoms with Gasteiger partial charge in [0.25, 0.3) is 0 Å². The smallest absolute Gasteiger partial charge is 0.330 e. The predicted molar refractivity (Wildman–Crippen MR) is 69.0 cm³/mol. The first kappa shape index (κ1) is 13.7. The summed E-state index contributed by atoms with van der Waals surface area (Å²) in [6.07, 6.45) is 0. The van der Waals surface area contributed by atoms with Crippen molar-refractivity contribution in [2.75, 3.05) is 12.8 Å². The maximum Gasteiger partial charge on any atom is 0.330 e. The molecule has 0 amide bonds. The van der Waals surface area contributed by atoms with Crippen molar-refractivity contribution in [3.63, 3.8) is 0 Å². The van der Waals surface area contributed by atoms with Crippen molar-refractivity contribution in [3.05, 3.63) is 33.3 Å². The third-order valence-corrected chi connectivity index (χ3v) is 2.35. The quantitative estimate of drug-likeness (QED) is 0.668. The number of hydrogen-bond acceptors (Lipinski definition) is 8. The average molecular weight is 298 g/mol. The molecule has 1 heterocycles. The summed E-state index contributed by atoms with van der Waals surface area (Å²) in [7, 11) is 1.33. The molecule has 2 aromatic rings. The minimum Gasteiger partial charge on any atom is -0.467 e. The molecular formula is C10H8ClN5O4. The van der Waals surface area contributed by atoms with E-state index in [1.54, 1.807) is 0 Å². The molecule has 0 fully saturated rings. The molecule has 20 heavy (non-hydrogen) atoms. The summed E-state index contributed by atoms with van der Waals surface area (Å²) in [5.74, 6) is -0.258. The van der Waals surface area contributed by atoms with Gasteiger partial charge in [-0.25, -0.2) is 0 Å². The fourth-order valence-electron chi connectivity index (χ4n) is 1.31. The summed E-state index contributed by atoms with van der Waals surface area (Å²) < 4.78 is 10.0. The highest BCUT2D eigenvalue weighted by Crippen LogP contribution is 2.32. The van der Waals surface area contributed by atoms with Gasteiger partial charge in [0.1, 0.15) is 0 Å². The lowest BCUT2D eigenvalue weighted by Gasteiger charge is -2.06. The molecule has 0 saturated carbocycles. The van der Waals surface area contributed by atoms with E-state index in [0.29, 0.717) is 0 Å². The number of nitrogens with zero attached hydrogens (tertiary/aromatic N) is 4. The van der Waals surface area contributed by atoms with Crippen LogP contribution < -0.4 is 15.2 Å². The van der Waals surface area contributed by atoms with Crippen LogP contribution in [-0.2, 0) is 0 Å². The molecule has 0 atom stereocenters. The fraction of sp³-hybridized carbons (Fsp3) is 0.100. The number of halogens is 1. The second-order valence-corrected chi connectivity index (χ2v) is 3.87. The molecule has 0 aliphatic carbocycles. The highest BCUT2D eigenvalue weighted by molar-refractivity contribution is 6.30. The second-order valence-electron chi connectivity index (χ2n) is 3.43. The van der Waals surface area contributed by atoms with Crippen LogP contribution in [0.2, 0.25) is 5.02 Å². The Morgan fingerprint density at radius 2 is 2.00 bits per heavy atom. The minimum atomic E-state index is -0.618. The summed E-state index contributed by atoms with van der Waals surface area (Å²) in [6, 6.07) is 3.54. The van der Waals surface area contributed by atoms with E-state index in [4.69, 9.17) is 26.8 Å². The van der Waals surface area contributed by atoms with Gasteiger partial charge in [0.2, 0.25) is 11.7 Å². The van der Waals surface area contributed by atoms with E-state index in [1.807, 2.05) is 0 Å². The van der Waals surface area contributed by atoms with E-state index in [1.165, 1.54) is 25.3 Å². The van der Waals surface area contributed by atoms with Crippen LogP contribution in [-0.4, -0.2) is 27.0 Å². The van der Waals surface area contributed by atoms with Crippen LogP contribution in [0.5, 0.6) is 17.8 Å². The van der Waals surface area contributed by atoms with Crippen LogP contribution in [0.15, 0.2) is 18.2 Å². The van der Waals surface area contributed by atoms with Crippen molar-refractivity contribution in [1.82, 2.24) is 15.0 Å². The fourth-order valence-corrected chi connectivity index (χ4v) is 1.47. The Bertz CT molecular complexity index is 666. The van der Waals surface area contributed by atoms with Gasteiger partial charge in [-0.1, -0.05) is 11.6 Å². The Balaban J connectivity index is 2.41. The van der Waals surface area contributed by atoms with Crippen LogP contribution in [0.3, 0.4) is 0 Å². The first-order chi connectivity index (χ1) is 9.49. The average Bonchev–Trinajstić information content (AvgIpc) is 2.37. The maximum absolute atomic E-state index is 10.9. The number of benzene rings is 1. The van der Waals surface area contributed by atoms with Crippen LogP contribution in [0.25, 0.3) is 0 Å². The lowest BCUT2D eigenvalue weighted by atomic mass is 10.3. The summed E-state index contributed by atoms with van der Waals surface area (Å²) in [5, 5.41) is 11.2. The second kappa shape index (κ2) is 5.53. The van der Waals surface area contributed by atoms with Crippen molar-refractivity contribution in [2.24, 2.45) is 0 Å². The van der Waals surface area contributed by atoms with E-state index >= 15 is 0 Å². The van der Waals surface area contributed by atoms with Crippen LogP contribution in [0, 0.1) is 10.1 Å². The lowest BCUT2D eigenvalue weighted by molar-refractivity contribution is -0.385. The van der Waals surface area contributed by atoms with Crippen molar-refractivity contribution in [3.8, 4) is 17.8 Å². The molecule has 1 aromatic carbocycles. The monoisotopic (exact) mass is 297 g/mol. The van der Waals surface area contributed by atoms with E-state index < -0.39 is 4.92 Å². The highest BCUT2D eigenvalue weighted by atomic mass is 35.5. The Morgan fingerprint density at radius 3 is 2.65 bits per heavy atom. The van der Waals surface area contributed by atoms with Crippen molar-refractivity contribution >= 4 is 23.2 Å². The first-order valence-corrected chi connectivity index (χ1v) is 5.54. The van der Waals surface area contributed by atoms with Gasteiger partial charge in [0, 0.05) is 17.2 Å². The SMILES string of the molecule is COc1nc(N)nc(Oc2cc(Cl)ccc2[N+](=O)[O-])n1. The number of nitro groups is 1. The van der Waals surface area contributed by atoms with Gasteiger partial charge in [0.05, 0.1) is 12.0 Å². The van der Waals surface area contributed by atoms with Gasteiger partial charge in [-0.15, -0.1) is 4.98 Å². The Morgan fingerprint density at radius 1 is 1.30 bits per heavy atom.